The smallest absolute Gasteiger partial charge is 0.244 e. The fourth-order valence-corrected chi connectivity index (χ4v) is 3.84. The van der Waals surface area contributed by atoms with Crippen LogP contribution in [0.5, 0.6) is 11.5 Å². The molecule has 2 aliphatic heterocycles. The average molecular weight is 354 g/mol. The Labute approximate surface area is 151 Å². The quantitative estimate of drug-likeness (QED) is 0.907. The van der Waals surface area contributed by atoms with Gasteiger partial charge in [-0.1, -0.05) is 6.07 Å². The Kier molecular flexibility index (Phi) is 3.81. The van der Waals surface area contributed by atoms with Gasteiger partial charge in [0.25, 0.3) is 0 Å². The Morgan fingerprint density at radius 2 is 2.15 bits per heavy atom. The van der Waals surface area contributed by atoms with Crippen molar-refractivity contribution in [3.8, 4) is 11.5 Å². The standard InChI is InChI=1S/C19H22N4O3/c24-19(21-14-2-1-3-14)16-10-22(9-15-7-20-11-23(15)16)8-13-4-5-17-18(6-13)26-12-25-17/h4-7,11,14,16H,1-3,8-10,12H2,(H,21,24). The van der Waals surface area contributed by atoms with E-state index in [9.17, 15) is 4.79 Å². The van der Waals surface area contributed by atoms with E-state index in [1.165, 1.54) is 6.42 Å². The van der Waals surface area contributed by atoms with Crippen molar-refractivity contribution in [2.45, 2.75) is 44.4 Å². The number of imidazole rings is 1. The highest BCUT2D eigenvalue weighted by Crippen LogP contribution is 2.33. The number of nitrogens with one attached hydrogen (secondary N) is 1. The summed E-state index contributed by atoms with van der Waals surface area (Å²) in [5.74, 6) is 1.69. The molecule has 136 valence electrons. The lowest BCUT2D eigenvalue weighted by Gasteiger charge is -2.35. The zero-order chi connectivity index (χ0) is 17.5. The largest absolute Gasteiger partial charge is 0.454 e. The summed E-state index contributed by atoms with van der Waals surface area (Å²) < 4.78 is 12.9. The van der Waals surface area contributed by atoms with E-state index in [2.05, 4.69) is 21.3 Å². The number of benzene rings is 1. The number of ether oxygens (including phenoxy) is 2. The molecule has 1 amide bonds. The summed E-state index contributed by atoms with van der Waals surface area (Å²) in [4.78, 5) is 19.3. The van der Waals surface area contributed by atoms with Crippen LogP contribution >= 0.6 is 0 Å². The van der Waals surface area contributed by atoms with Crippen molar-refractivity contribution in [3.05, 3.63) is 42.0 Å². The minimum absolute atomic E-state index is 0.101. The summed E-state index contributed by atoms with van der Waals surface area (Å²) in [7, 11) is 0. The third kappa shape index (κ3) is 2.82. The minimum atomic E-state index is -0.226. The number of amides is 1. The Morgan fingerprint density at radius 3 is 3.00 bits per heavy atom. The molecule has 0 radical (unpaired) electrons. The van der Waals surface area contributed by atoms with Crippen LogP contribution in [-0.2, 0) is 17.9 Å². The molecule has 0 bridgehead atoms. The number of rotatable bonds is 4. The fourth-order valence-electron chi connectivity index (χ4n) is 3.84. The normalized spacial score (nSPS) is 21.9. The third-order valence-corrected chi connectivity index (χ3v) is 5.50. The summed E-state index contributed by atoms with van der Waals surface area (Å²) in [5.41, 5.74) is 2.23. The molecule has 2 aromatic rings. The summed E-state index contributed by atoms with van der Waals surface area (Å²) in [6.45, 7) is 2.50. The summed E-state index contributed by atoms with van der Waals surface area (Å²) >= 11 is 0. The first kappa shape index (κ1) is 15.7. The van der Waals surface area contributed by atoms with E-state index >= 15 is 0 Å². The predicted octanol–water partition coefficient (Wildman–Crippen LogP) is 1.84. The van der Waals surface area contributed by atoms with Gasteiger partial charge in [-0.25, -0.2) is 4.98 Å². The first-order valence-corrected chi connectivity index (χ1v) is 9.18. The molecule has 7 nitrogen and oxygen atoms in total. The van der Waals surface area contributed by atoms with Gasteiger partial charge in [-0.15, -0.1) is 0 Å². The molecule has 7 heteroatoms. The van der Waals surface area contributed by atoms with Crippen LogP contribution in [0.25, 0.3) is 0 Å². The van der Waals surface area contributed by atoms with Crippen LogP contribution in [0.1, 0.15) is 36.6 Å². The minimum Gasteiger partial charge on any atom is -0.454 e. The number of aromatic nitrogens is 2. The van der Waals surface area contributed by atoms with E-state index < -0.39 is 0 Å². The Hall–Kier alpha value is -2.54. The lowest BCUT2D eigenvalue weighted by Crippen LogP contribution is -2.48. The molecule has 1 N–H and O–H groups in total. The zero-order valence-corrected chi connectivity index (χ0v) is 14.6. The maximum Gasteiger partial charge on any atom is 0.244 e. The van der Waals surface area contributed by atoms with E-state index in [1.54, 1.807) is 6.33 Å². The van der Waals surface area contributed by atoms with Gasteiger partial charge in [-0.2, -0.15) is 0 Å². The van der Waals surface area contributed by atoms with Crippen LogP contribution < -0.4 is 14.8 Å². The van der Waals surface area contributed by atoms with Gasteiger partial charge in [0.15, 0.2) is 11.5 Å². The van der Waals surface area contributed by atoms with Crippen molar-refractivity contribution in [1.82, 2.24) is 19.8 Å². The van der Waals surface area contributed by atoms with Gasteiger partial charge in [0, 0.05) is 31.9 Å². The van der Waals surface area contributed by atoms with E-state index in [-0.39, 0.29) is 18.7 Å². The number of carbonyl (C=O) groups excluding carboxylic acids is 1. The first-order valence-electron chi connectivity index (χ1n) is 9.18. The second-order valence-corrected chi connectivity index (χ2v) is 7.30. The van der Waals surface area contributed by atoms with Crippen LogP contribution in [-0.4, -0.2) is 39.7 Å². The molecule has 1 fully saturated rings. The molecule has 1 saturated carbocycles. The fraction of sp³-hybridized carbons (Fsp3) is 0.474. The van der Waals surface area contributed by atoms with Crippen LogP contribution in [0.4, 0.5) is 0 Å². The Bertz CT molecular complexity index is 830. The molecular formula is C19H22N4O3. The molecule has 1 aliphatic carbocycles. The molecular weight excluding hydrogens is 332 g/mol. The highest BCUT2D eigenvalue weighted by molar-refractivity contribution is 5.81. The number of nitrogens with zero attached hydrogens (tertiary/aromatic N) is 3. The van der Waals surface area contributed by atoms with Crippen LogP contribution in [0, 0.1) is 0 Å². The van der Waals surface area contributed by atoms with E-state index in [4.69, 9.17) is 9.47 Å². The van der Waals surface area contributed by atoms with Gasteiger partial charge < -0.3 is 19.4 Å². The van der Waals surface area contributed by atoms with Gasteiger partial charge >= 0.3 is 0 Å². The molecule has 0 saturated heterocycles. The lowest BCUT2D eigenvalue weighted by atomic mass is 9.93. The maximum absolute atomic E-state index is 12.8. The lowest BCUT2D eigenvalue weighted by molar-refractivity contribution is -0.127. The van der Waals surface area contributed by atoms with E-state index in [0.29, 0.717) is 12.6 Å². The van der Waals surface area contributed by atoms with Gasteiger partial charge in [-0.3, -0.25) is 9.69 Å². The second-order valence-electron chi connectivity index (χ2n) is 7.30. The highest BCUT2D eigenvalue weighted by Gasteiger charge is 2.32. The average Bonchev–Trinajstić information content (AvgIpc) is 3.25. The molecule has 1 aromatic carbocycles. The van der Waals surface area contributed by atoms with Crippen LogP contribution in [0.15, 0.2) is 30.7 Å². The van der Waals surface area contributed by atoms with Crippen LogP contribution in [0.3, 0.4) is 0 Å². The predicted molar refractivity (Wildman–Crippen MR) is 93.7 cm³/mol. The SMILES string of the molecule is O=C(NC1CCC1)C1CN(Cc2ccc3c(c2)OCO3)Cc2cncn21. The van der Waals surface area contributed by atoms with Crippen molar-refractivity contribution < 1.29 is 14.3 Å². The number of hydrogen-bond acceptors (Lipinski definition) is 5. The van der Waals surface area contributed by atoms with E-state index in [0.717, 1.165) is 48.7 Å². The van der Waals surface area contributed by atoms with Crippen molar-refractivity contribution in [1.29, 1.82) is 0 Å². The molecule has 5 rings (SSSR count). The molecule has 3 heterocycles. The van der Waals surface area contributed by atoms with Crippen molar-refractivity contribution >= 4 is 5.91 Å². The Balaban J connectivity index is 1.33. The van der Waals surface area contributed by atoms with E-state index in [1.807, 2.05) is 22.9 Å². The second kappa shape index (κ2) is 6.32. The highest BCUT2D eigenvalue weighted by atomic mass is 16.7. The number of hydrogen-bond donors (Lipinski definition) is 1. The van der Waals surface area contributed by atoms with Gasteiger partial charge in [0.05, 0.1) is 12.0 Å². The van der Waals surface area contributed by atoms with Crippen LogP contribution in [0.2, 0.25) is 0 Å². The Morgan fingerprint density at radius 1 is 1.27 bits per heavy atom. The summed E-state index contributed by atoms with van der Waals surface area (Å²) in [6, 6.07) is 6.15. The molecule has 3 aliphatic rings. The monoisotopic (exact) mass is 354 g/mol. The molecule has 26 heavy (non-hydrogen) atoms. The van der Waals surface area contributed by atoms with Crippen molar-refractivity contribution in [3.63, 3.8) is 0 Å². The topological polar surface area (TPSA) is 68.6 Å². The maximum atomic E-state index is 12.8. The van der Waals surface area contributed by atoms with Crippen molar-refractivity contribution in [2.24, 2.45) is 0 Å². The number of carbonyl (C=O) groups is 1. The van der Waals surface area contributed by atoms with Gasteiger partial charge in [-0.05, 0) is 37.0 Å². The third-order valence-electron chi connectivity index (χ3n) is 5.50. The van der Waals surface area contributed by atoms with Gasteiger partial charge in [0.1, 0.15) is 6.04 Å². The van der Waals surface area contributed by atoms with Gasteiger partial charge in [0.2, 0.25) is 12.7 Å². The summed E-state index contributed by atoms with van der Waals surface area (Å²) in [6.07, 6.45) is 7.03. The molecule has 0 spiro atoms. The summed E-state index contributed by atoms with van der Waals surface area (Å²) in [5, 5.41) is 3.18. The first-order chi connectivity index (χ1) is 12.8. The number of fused-ring (bicyclic) bond motifs is 2. The molecule has 1 aromatic heterocycles. The molecule has 1 unspecified atom stereocenters. The molecule has 1 atom stereocenters. The zero-order valence-electron chi connectivity index (χ0n) is 14.6. The van der Waals surface area contributed by atoms with Crippen molar-refractivity contribution in [2.75, 3.05) is 13.3 Å².